The monoisotopic (exact) mass is 338 g/mol. The highest BCUT2D eigenvalue weighted by molar-refractivity contribution is 5.63. The van der Waals surface area contributed by atoms with E-state index in [4.69, 9.17) is 4.52 Å². The molecule has 1 atom stereocenters. The van der Waals surface area contributed by atoms with Gasteiger partial charge >= 0.3 is 0 Å². The van der Waals surface area contributed by atoms with Gasteiger partial charge < -0.3 is 9.63 Å². The number of aliphatic hydroxyl groups is 1. The first-order valence-electron chi connectivity index (χ1n) is 8.39. The summed E-state index contributed by atoms with van der Waals surface area (Å²) in [4.78, 5) is 2.18. The van der Waals surface area contributed by atoms with Crippen molar-refractivity contribution in [1.29, 1.82) is 0 Å². The van der Waals surface area contributed by atoms with Gasteiger partial charge in [0.15, 0.2) is 0 Å². The van der Waals surface area contributed by atoms with Crippen LogP contribution in [0, 0.1) is 5.82 Å². The number of rotatable bonds is 4. The van der Waals surface area contributed by atoms with Crippen molar-refractivity contribution < 1.29 is 14.0 Å². The molecule has 0 saturated carbocycles. The molecule has 2 aromatic carbocycles. The standard InChI is InChI=1S/C20H19FN2O2/c21-16-8-4-7-15(11-16)20-17-12-23(10-9-19(17)25-22-20)13-18(24)14-5-2-1-3-6-14/h1-8,11,18,24H,9-10,12-13H2/t18-/m0/s1. The molecule has 2 heterocycles. The molecule has 5 heteroatoms. The maximum Gasteiger partial charge on any atom is 0.143 e. The smallest absolute Gasteiger partial charge is 0.143 e. The first-order chi connectivity index (χ1) is 12.2. The molecule has 3 aromatic rings. The van der Waals surface area contributed by atoms with Crippen LogP contribution in [0.15, 0.2) is 59.1 Å². The summed E-state index contributed by atoms with van der Waals surface area (Å²) in [5, 5.41) is 14.6. The Hall–Kier alpha value is -2.50. The lowest BCUT2D eigenvalue weighted by Gasteiger charge is -2.28. The van der Waals surface area contributed by atoms with Gasteiger partial charge in [0.2, 0.25) is 0 Å². The second-order valence-electron chi connectivity index (χ2n) is 6.35. The Kier molecular flexibility index (Phi) is 4.34. The zero-order valence-electron chi connectivity index (χ0n) is 13.7. The molecule has 0 aliphatic carbocycles. The van der Waals surface area contributed by atoms with Crippen LogP contribution < -0.4 is 0 Å². The van der Waals surface area contributed by atoms with E-state index in [0.717, 1.165) is 35.4 Å². The Morgan fingerprint density at radius 2 is 2.00 bits per heavy atom. The van der Waals surface area contributed by atoms with Crippen molar-refractivity contribution >= 4 is 0 Å². The van der Waals surface area contributed by atoms with Crippen LogP contribution in [0.3, 0.4) is 0 Å². The number of hydrogen-bond donors (Lipinski definition) is 1. The summed E-state index contributed by atoms with van der Waals surface area (Å²) in [6, 6.07) is 16.0. The molecular weight excluding hydrogens is 319 g/mol. The van der Waals surface area contributed by atoms with Crippen LogP contribution in [0.4, 0.5) is 4.39 Å². The predicted molar refractivity (Wildman–Crippen MR) is 92.3 cm³/mol. The molecule has 1 aliphatic heterocycles. The summed E-state index contributed by atoms with van der Waals surface area (Å²) < 4.78 is 19.0. The van der Waals surface area contributed by atoms with Gasteiger partial charge in [-0.2, -0.15) is 0 Å². The summed E-state index contributed by atoms with van der Waals surface area (Å²) in [7, 11) is 0. The second kappa shape index (κ2) is 6.78. The molecule has 1 aliphatic rings. The Labute approximate surface area is 145 Å². The number of nitrogens with zero attached hydrogens (tertiary/aromatic N) is 2. The molecule has 4 nitrogen and oxygen atoms in total. The van der Waals surface area contributed by atoms with Crippen molar-refractivity contribution in [1.82, 2.24) is 10.1 Å². The van der Waals surface area contributed by atoms with E-state index in [1.807, 2.05) is 36.4 Å². The van der Waals surface area contributed by atoms with Gasteiger partial charge in [0, 0.05) is 37.2 Å². The van der Waals surface area contributed by atoms with E-state index in [-0.39, 0.29) is 5.82 Å². The quantitative estimate of drug-likeness (QED) is 0.790. The van der Waals surface area contributed by atoms with E-state index >= 15 is 0 Å². The molecule has 0 radical (unpaired) electrons. The Balaban J connectivity index is 1.54. The first-order valence-corrected chi connectivity index (χ1v) is 8.39. The normalized spacial score (nSPS) is 15.8. The Morgan fingerprint density at radius 3 is 2.80 bits per heavy atom. The molecule has 1 N–H and O–H groups in total. The van der Waals surface area contributed by atoms with Crippen molar-refractivity contribution in [2.75, 3.05) is 13.1 Å². The maximum atomic E-state index is 13.5. The van der Waals surface area contributed by atoms with Crippen LogP contribution >= 0.6 is 0 Å². The van der Waals surface area contributed by atoms with Gasteiger partial charge in [-0.05, 0) is 17.7 Å². The molecule has 0 amide bonds. The van der Waals surface area contributed by atoms with Crippen LogP contribution in [0.2, 0.25) is 0 Å². The fourth-order valence-electron chi connectivity index (χ4n) is 3.31. The molecule has 0 unspecified atom stereocenters. The summed E-state index contributed by atoms with van der Waals surface area (Å²) in [5.41, 5.74) is 3.30. The van der Waals surface area contributed by atoms with E-state index in [1.54, 1.807) is 6.07 Å². The van der Waals surface area contributed by atoms with E-state index < -0.39 is 6.10 Å². The molecule has 0 spiro atoms. The highest BCUT2D eigenvalue weighted by Crippen LogP contribution is 2.31. The predicted octanol–water partition coefficient (Wildman–Crippen LogP) is 3.57. The van der Waals surface area contributed by atoms with Gasteiger partial charge in [-0.1, -0.05) is 47.6 Å². The van der Waals surface area contributed by atoms with E-state index in [0.29, 0.717) is 18.8 Å². The van der Waals surface area contributed by atoms with Crippen LogP contribution in [-0.2, 0) is 13.0 Å². The molecule has 0 bridgehead atoms. The highest BCUT2D eigenvalue weighted by Gasteiger charge is 2.26. The second-order valence-corrected chi connectivity index (χ2v) is 6.35. The summed E-state index contributed by atoms with van der Waals surface area (Å²) in [5.74, 6) is 0.561. The Morgan fingerprint density at radius 1 is 1.16 bits per heavy atom. The molecule has 1 aromatic heterocycles. The average Bonchev–Trinajstić information content (AvgIpc) is 3.06. The number of halogens is 1. The lowest BCUT2D eigenvalue weighted by Crippen LogP contribution is -2.33. The van der Waals surface area contributed by atoms with Crippen LogP contribution in [0.25, 0.3) is 11.3 Å². The van der Waals surface area contributed by atoms with Crippen LogP contribution in [-0.4, -0.2) is 28.3 Å². The van der Waals surface area contributed by atoms with Gasteiger partial charge in [-0.25, -0.2) is 4.39 Å². The van der Waals surface area contributed by atoms with Crippen molar-refractivity contribution in [3.05, 3.63) is 77.3 Å². The van der Waals surface area contributed by atoms with Crippen LogP contribution in [0.5, 0.6) is 0 Å². The minimum absolute atomic E-state index is 0.290. The first kappa shape index (κ1) is 16.0. The third-order valence-corrected chi connectivity index (χ3v) is 4.62. The summed E-state index contributed by atoms with van der Waals surface area (Å²) >= 11 is 0. The third-order valence-electron chi connectivity index (χ3n) is 4.62. The van der Waals surface area contributed by atoms with Gasteiger partial charge in [-0.15, -0.1) is 0 Å². The topological polar surface area (TPSA) is 49.5 Å². The fourth-order valence-corrected chi connectivity index (χ4v) is 3.31. The summed E-state index contributed by atoms with van der Waals surface area (Å²) in [6.07, 6.45) is 0.194. The lowest BCUT2D eigenvalue weighted by atomic mass is 10.0. The zero-order chi connectivity index (χ0) is 17.2. The van der Waals surface area contributed by atoms with E-state index in [9.17, 15) is 9.50 Å². The summed E-state index contributed by atoms with van der Waals surface area (Å²) in [6.45, 7) is 1.97. The number of aliphatic hydroxyl groups excluding tert-OH is 1. The number of aromatic nitrogens is 1. The number of benzene rings is 2. The molecule has 0 fully saturated rings. The number of β-amino-alcohol motifs (C(OH)–C–C–N with tert-alkyl or cyclic N) is 1. The fraction of sp³-hybridized carbons (Fsp3) is 0.250. The highest BCUT2D eigenvalue weighted by atomic mass is 19.1. The minimum atomic E-state index is -0.541. The molecule has 0 saturated heterocycles. The van der Waals surface area contributed by atoms with Crippen LogP contribution in [0.1, 0.15) is 23.0 Å². The largest absolute Gasteiger partial charge is 0.387 e. The molecule has 4 rings (SSSR count). The van der Waals surface area contributed by atoms with Gasteiger partial charge in [0.25, 0.3) is 0 Å². The van der Waals surface area contributed by atoms with Gasteiger partial charge in [0.05, 0.1) is 6.10 Å². The van der Waals surface area contributed by atoms with E-state index in [1.165, 1.54) is 12.1 Å². The zero-order valence-corrected chi connectivity index (χ0v) is 13.7. The number of fused-ring (bicyclic) bond motifs is 1. The van der Waals surface area contributed by atoms with Crippen molar-refractivity contribution in [3.63, 3.8) is 0 Å². The third kappa shape index (κ3) is 3.34. The van der Waals surface area contributed by atoms with Crippen molar-refractivity contribution in [3.8, 4) is 11.3 Å². The van der Waals surface area contributed by atoms with Crippen molar-refractivity contribution in [2.24, 2.45) is 0 Å². The minimum Gasteiger partial charge on any atom is -0.387 e. The number of hydrogen-bond acceptors (Lipinski definition) is 4. The van der Waals surface area contributed by atoms with Gasteiger partial charge in [-0.3, -0.25) is 4.90 Å². The SMILES string of the molecule is O[C@@H](CN1CCc2onc(-c3cccc(F)c3)c2C1)c1ccccc1. The van der Waals surface area contributed by atoms with E-state index in [2.05, 4.69) is 10.1 Å². The Bertz CT molecular complexity index is 863. The van der Waals surface area contributed by atoms with Gasteiger partial charge in [0.1, 0.15) is 17.3 Å². The molecule has 25 heavy (non-hydrogen) atoms. The maximum absolute atomic E-state index is 13.5. The van der Waals surface area contributed by atoms with Crippen molar-refractivity contribution in [2.45, 2.75) is 19.1 Å². The molecule has 128 valence electrons. The molecular formula is C20H19FN2O2. The lowest BCUT2D eigenvalue weighted by molar-refractivity contribution is 0.103. The average molecular weight is 338 g/mol.